The molecule has 2 heterocycles. The zero-order chi connectivity index (χ0) is 23.7. The molecule has 0 aliphatic carbocycles. The van der Waals surface area contributed by atoms with Crippen molar-refractivity contribution in [2.45, 2.75) is 11.6 Å². The Bertz CT molecular complexity index is 1390. The van der Waals surface area contributed by atoms with Crippen molar-refractivity contribution in [3.8, 4) is 0 Å². The lowest BCUT2D eigenvalue weighted by Crippen LogP contribution is -2.47. The molecule has 2 amide bonds. The van der Waals surface area contributed by atoms with Gasteiger partial charge in [-0.05, 0) is 35.4 Å². The van der Waals surface area contributed by atoms with Crippen LogP contribution in [0.1, 0.15) is 38.7 Å². The highest BCUT2D eigenvalue weighted by molar-refractivity contribution is 6.30. The average molecular weight is 469 g/mol. The van der Waals surface area contributed by atoms with Gasteiger partial charge in [0.05, 0.1) is 5.54 Å². The molecule has 6 nitrogen and oxygen atoms in total. The van der Waals surface area contributed by atoms with E-state index in [2.05, 4.69) is 15.6 Å². The summed E-state index contributed by atoms with van der Waals surface area (Å²) in [7, 11) is 0. The van der Waals surface area contributed by atoms with Crippen molar-refractivity contribution < 1.29 is 9.59 Å². The summed E-state index contributed by atoms with van der Waals surface area (Å²) in [6.07, 6.45) is 2.98. The minimum atomic E-state index is -0.989. The number of aromatic nitrogens is 1. The highest BCUT2D eigenvalue weighted by Gasteiger charge is 2.45. The van der Waals surface area contributed by atoms with Crippen LogP contribution in [-0.2, 0) is 10.3 Å². The summed E-state index contributed by atoms with van der Waals surface area (Å²) in [6.45, 7) is 0. The van der Waals surface area contributed by atoms with E-state index >= 15 is 0 Å². The van der Waals surface area contributed by atoms with Gasteiger partial charge < -0.3 is 11.1 Å². The first-order valence-electron chi connectivity index (χ1n) is 10.7. The number of nitrogens with two attached hydrogens (primary N) is 1. The first-order valence-corrected chi connectivity index (χ1v) is 11.1. The molecule has 4 aromatic rings. The van der Waals surface area contributed by atoms with Crippen molar-refractivity contribution in [1.29, 1.82) is 0 Å². The number of carbonyl (C=O) groups excluding carboxylic acids is 2. The van der Waals surface area contributed by atoms with Gasteiger partial charge in [0.2, 0.25) is 11.8 Å². The molecule has 2 unspecified atom stereocenters. The van der Waals surface area contributed by atoms with Crippen molar-refractivity contribution in [3.05, 3.63) is 130 Å². The molecule has 7 heteroatoms. The van der Waals surface area contributed by atoms with E-state index in [0.29, 0.717) is 16.3 Å². The van der Waals surface area contributed by atoms with E-state index in [0.717, 1.165) is 16.7 Å². The Morgan fingerprint density at radius 3 is 2.44 bits per heavy atom. The number of rotatable bonds is 4. The highest BCUT2D eigenvalue weighted by Crippen LogP contribution is 2.44. The van der Waals surface area contributed by atoms with Gasteiger partial charge in [-0.2, -0.15) is 0 Å². The van der Waals surface area contributed by atoms with Gasteiger partial charge in [0, 0.05) is 39.8 Å². The average Bonchev–Trinajstić information content (AvgIpc) is 2.99. The Balaban J connectivity index is 1.85. The number of halogens is 1. The molecular formula is C27H21ClN4O2. The second-order valence-corrected chi connectivity index (χ2v) is 8.50. The minimum absolute atomic E-state index is 0.224. The van der Waals surface area contributed by atoms with Crippen LogP contribution in [0.3, 0.4) is 0 Å². The number of fused-ring (bicyclic) bond motifs is 1. The summed E-state index contributed by atoms with van der Waals surface area (Å²) in [4.78, 5) is 30.0. The minimum Gasteiger partial charge on any atom is -0.366 e. The number of nitrogens with zero attached hydrogens (tertiary/aromatic N) is 1. The van der Waals surface area contributed by atoms with E-state index in [1.165, 1.54) is 18.5 Å². The summed E-state index contributed by atoms with van der Waals surface area (Å²) < 4.78 is 0. The number of pyridine rings is 1. The number of nitrogens with one attached hydrogen (secondary N) is 2. The van der Waals surface area contributed by atoms with Gasteiger partial charge in [0.1, 0.15) is 6.04 Å². The molecule has 0 saturated heterocycles. The number of amides is 2. The lowest BCUT2D eigenvalue weighted by Gasteiger charge is -2.38. The number of benzene rings is 3. The summed E-state index contributed by atoms with van der Waals surface area (Å²) in [5.41, 5.74) is 8.50. The fourth-order valence-electron chi connectivity index (χ4n) is 4.62. The van der Waals surface area contributed by atoms with Crippen LogP contribution in [0.5, 0.6) is 0 Å². The number of hydrogen-bond acceptors (Lipinski definition) is 4. The molecule has 1 aliphatic heterocycles. The van der Waals surface area contributed by atoms with Crippen LogP contribution in [0.2, 0.25) is 5.02 Å². The van der Waals surface area contributed by atoms with Gasteiger partial charge in [-0.3, -0.25) is 19.9 Å². The predicted molar refractivity (Wildman–Crippen MR) is 131 cm³/mol. The van der Waals surface area contributed by atoms with Crippen LogP contribution < -0.4 is 16.4 Å². The molecule has 34 heavy (non-hydrogen) atoms. The molecule has 1 aliphatic rings. The normalized spacial score (nSPS) is 19.6. The number of carbonyl (C=O) groups is 2. The van der Waals surface area contributed by atoms with Crippen molar-refractivity contribution in [2.24, 2.45) is 5.73 Å². The zero-order valence-corrected chi connectivity index (χ0v) is 18.8. The van der Waals surface area contributed by atoms with Crippen LogP contribution in [0.4, 0.5) is 5.69 Å². The monoisotopic (exact) mass is 468 g/mol. The number of para-hydroxylation sites is 1. The Labute approximate surface area is 201 Å². The first-order chi connectivity index (χ1) is 16.5. The van der Waals surface area contributed by atoms with Crippen LogP contribution >= 0.6 is 11.6 Å². The third-order valence-corrected chi connectivity index (χ3v) is 6.34. The smallest absolute Gasteiger partial charge is 0.249 e. The molecule has 2 atom stereocenters. The SMILES string of the molecule is NC(=O)c1ccncc1C1NC(c2ccccc2)(c2cccc(Cl)c2)c2ccccc2NC1=O. The maximum atomic E-state index is 13.6. The molecule has 168 valence electrons. The molecule has 5 rings (SSSR count). The Morgan fingerprint density at radius 1 is 0.941 bits per heavy atom. The molecule has 1 aromatic heterocycles. The van der Waals surface area contributed by atoms with E-state index in [1.54, 1.807) is 6.07 Å². The second kappa shape index (κ2) is 8.74. The first kappa shape index (κ1) is 21.8. The molecule has 0 fully saturated rings. The second-order valence-electron chi connectivity index (χ2n) is 8.07. The number of primary amides is 1. The van der Waals surface area contributed by atoms with E-state index in [4.69, 9.17) is 17.3 Å². The van der Waals surface area contributed by atoms with Crippen LogP contribution in [0.25, 0.3) is 0 Å². The Hall–Kier alpha value is -4.00. The van der Waals surface area contributed by atoms with Gasteiger partial charge in [-0.15, -0.1) is 0 Å². The molecule has 3 aromatic carbocycles. The van der Waals surface area contributed by atoms with Crippen molar-refractivity contribution in [3.63, 3.8) is 0 Å². The summed E-state index contributed by atoms with van der Waals surface area (Å²) in [5, 5.41) is 7.18. The van der Waals surface area contributed by atoms with Crippen LogP contribution in [-0.4, -0.2) is 16.8 Å². The summed E-state index contributed by atoms with van der Waals surface area (Å²) in [6, 6.07) is 25.5. The molecular weight excluding hydrogens is 448 g/mol. The van der Waals surface area contributed by atoms with E-state index in [-0.39, 0.29) is 11.5 Å². The lowest BCUT2D eigenvalue weighted by molar-refractivity contribution is -0.118. The maximum Gasteiger partial charge on any atom is 0.249 e. The van der Waals surface area contributed by atoms with Crippen LogP contribution in [0.15, 0.2) is 97.3 Å². The largest absolute Gasteiger partial charge is 0.366 e. The summed E-state index contributed by atoms with van der Waals surface area (Å²) >= 11 is 6.45. The number of anilines is 1. The lowest BCUT2D eigenvalue weighted by atomic mass is 9.76. The highest BCUT2D eigenvalue weighted by atomic mass is 35.5. The Morgan fingerprint density at radius 2 is 1.68 bits per heavy atom. The third kappa shape index (κ3) is 3.63. The van der Waals surface area contributed by atoms with Gasteiger partial charge in [-0.25, -0.2) is 0 Å². The van der Waals surface area contributed by atoms with Gasteiger partial charge in [0.25, 0.3) is 0 Å². The maximum absolute atomic E-state index is 13.6. The van der Waals surface area contributed by atoms with Crippen molar-refractivity contribution in [2.75, 3.05) is 5.32 Å². The fourth-order valence-corrected chi connectivity index (χ4v) is 4.81. The van der Waals surface area contributed by atoms with Gasteiger partial charge in [-0.1, -0.05) is 72.3 Å². The third-order valence-electron chi connectivity index (χ3n) is 6.10. The predicted octanol–water partition coefficient (Wildman–Crippen LogP) is 4.41. The Kier molecular flexibility index (Phi) is 5.61. The molecule has 0 radical (unpaired) electrons. The van der Waals surface area contributed by atoms with Gasteiger partial charge in [0.15, 0.2) is 0 Å². The van der Waals surface area contributed by atoms with Crippen molar-refractivity contribution in [1.82, 2.24) is 10.3 Å². The van der Waals surface area contributed by atoms with Crippen LogP contribution in [0, 0.1) is 0 Å². The van der Waals surface area contributed by atoms with E-state index in [1.807, 2.05) is 72.8 Å². The molecule has 0 bridgehead atoms. The molecule has 0 saturated carbocycles. The molecule has 4 N–H and O–H groups in total. The standard InChI is InChI=1S/C27H21ClN4O2/c28-19-10-6-9-18(15-19)27(17-7-2-1-3-8-17)22-11-4-5-12-23(22)31-26(34)24(32-27)21-16-30-14-13-20(21)25(29)33/h1-16,24,32H,(H2,29,33)(H,31,34). The van der Waals surface area contributed by atoms with E-state index in [9.17, 15) is 9.59 Å². The summed E-state index contributed by atoms with van der Waals surface area (Å²) in [5.74, 6) is -0.968. The quantitative estimate of drug-likeness (QED) is 0.413. The van der Waals surface area contributed by atoms with E-state index < -0.39 is 17.5 Å². The fraction of sp³-hybridized carbons (Fsp3) is 0.0741. The zero-order valence-electron chi connectivity index (χ0n) is 18.0. The van der Waals surface area contributed by atoms with Gasteiger partial charge >= 0.3 is 0 Å². The number of hydrogen-bond donors (Lipinski definition) is 3. The van der Waals surface area contributed by atoms with Crippen molar-refractivity contribution >= 4 is 29.1 Å². The molecule has 0 spiro atoms. The topological polar surface area (TPSA) is 97.1 Å².